The van der Waals surface area contributed by atoms with E-state index >= 15 is 0 Å². The number of halogens is 1. The van der Waals surface area contributed by atoms with Crippen LogP contribution in [-0.2, 0) is 17.6 Å². The molecule has 1 aliphatic rings. The van der Waals surface area contributed by atoms with E-state index in [1.165, 1.54) is 0 Å². The van der Waals surface area contributed by atoms with Gasteiger partial charge in [-0.3, -0.25) is 4.79 Å². The molecule has 0 radical (unpaired) electrons. The summed E-state index contributed by atoms with van der Waals surface area (Å²) in [6.07, 6.45) is 2.66. The molecule has 5 nitrogen and oxygen atoms in total. The summed E-state index contributed by atoms with van der Waals surface area (Å²) in [6, 6.07) is 12.9. The summed E-state index contributed by atoms with van der Waals surface area (Å²) < 4.78 is 12.0. The average molecular weight is 461 g/mol. The number of para-hydroxylation sites is 1. The molecular formula is C20H16INO4. The van der Waals surface area contributed by atoms with E-state index in [1.54, 1.807) is 12.1 Å². The van der Waals surface area contributed by atoms with Gasteiger partial charge >= 0.3 is 5.63 Å². The summed E-state index contributed by atoms with van der Waals surface area (Å²) in [4.78, 5) is 24.2. The van der Waals surface area contributed by atoms with Gasteiger partial charge in [0.05, 0.1) is 5.69 Å². The van der Waals surface area contributed by atoms with Crippen LogP contribution in [0.5, 0.6) is 5.75 Å². The molecule has 1 aliphatic carbocycles. The maximum atomic E-state index is 12.1. The van der Waals surface area contributed by atoms with Gasteiger partial charge in [0.15, 0.2) is 6.61 Å². The average Bonchev–Trinajstić information content (AvgIpc) is 3.12. The molecule has 0 bridgehead atoms. The first-order valence-electron chi connectivity index (χ1n) is 8.37. The van der Waals surface area contributed by atoms with Gasteiger partial charge in [-0.1, -0.05) is 12.1 Å². The zero-order valence-corrected chi connectivity index (χ0v) is 16.0. The Bertz CT molecular complexity index is 1060. The van der Waals surface area contributed by atoms with E-state index in [4.69, 9.17) is 9.15 Å². The summed E-state index contributed by atoms with van der Waals surface area (Å²) in [7, 11) is 0. The maximum Gasteiger partial charge on any atom is 0.339 e. The van der Waals surface area contributed by atoms with Crippen LogP contribution in [0.1, 0.15) is 17.5 Å². The highest BCUT2D eigenvalue weighted by Gasteiger charge is 2.19. The molecule has 4 rings (SSSR count). The van der Waals surface area contributed by atoms with Crippen LogP contribution in [-0.4, -0.2) is 12.5 Å². The van der Waals surface area contributed by atoms with Gasteiger partial charge in [0, 0.05) is 20.6 Å². The summed E-state index contributed by atoms with van der Waals surface area (Å²) in [5, 5.41) is 3.77. The molecule has 0 saturated carbocycles. The molecule has 0 fully saturated rings. The fraction of sp³-hybridized carbons (Fsp3) is 0.200. The summed E-state index contributed by atoms with van der Waals surface area (Å²) in [5.41, 5.74) is 2.87. The Hall–Kier alpha value is -2.35. The van der Waals surface area contributed by atoms with E-state index in [1.807, 2.05) is 30.3 Å². The van der Waals surface area contributed by atoms with Crippen molar-refractivity contribution in [1.82, 2.24) is 0 Å². The monoisotopic (exact) mass is 461 g/mol. The van der Waals surface area contributed by atoms with Crippen LogP contribution in [0, 0.1) is 3.57 Å². The number of rotatable bonds is 4. The van der Waals surface area contributed by atoms with Crippen molar-refractivity contribution in [2.75, 3.05) is 11.9 Å². The first-order valence-corrected chi connectivity index (χ1v) is 9.45. The molecular weight excluding hydrogens is 445 g/mol. The van der Waals surface area contributed by atoms with Crippen LogP contribution >= 0.6 is 22.6 Å². The molecule has 6 heteroatoms. The van der Waals surface area contributed by atoms with Crippen LogP contribution in [0.4, 0.5) is 5.69 Å². The maximum absolute atomic E-state index is 12.1. The van der Waals surface area contributed by atoms with Crippen molar-refractivity contribution in [1.29, 1.82) is 0 Å². The lowest BCUT2D eigenvalue weighted by Crippen LogP contribution is -2.20. The topological polar surface area (TPSA) is 68.5 Å². The SMILES string of the molecule is O=C(COc1ccc2c3c(c(=O)oc2c1)CCC3)Nc1ccccc1I. The minimum atomic E-state index is -0.265. The van der Waals surface area contributed by atoms with Gasteiger partial charge in [0.1, 0.15) is 11.3 Å². The Morgan fingerprint density at radius 3 is 2.81 bits per heavy atom. The Balaban J connectivity index is 1.49. The second-order valence-electron chi connectivity index (χ2n) is 6.17. The summed E-state index contributed by atoms with van der Waals surface area (Å²) in [6.45, 7) is -0.119. The molecule has 0 unspecified atom stereocenters. The van der Waals surface area contributed by atoms with Gasteiger partial charge in [-0.15, -0.1) is 0 Å². The minimum Gasteiger partial charge on any atom is -0.484 e. The van der Waals surface area contributed by atoms with E-state index in [9.17, 15) is 9.59 Å². The quantitative estimate of drug-likeness (QED) is 0.473. The zero-order valence-electron chi connectivity index (χ0n) is 13.9. The highest BCUT2D eigenvalue weighted by molar-refractivity contribution is 14.1. The number of carbonyl (C=O) groups is 1. The number of anilines is 1. The number of carbonyl (C=O) groups excluding carboxylic acids is 1. The van der Waals surface area contributed by atoms with E-state index in [0.717, 1.165) is 45.0 Å². The van der Waals surface area contributed by atoms with E-state index < -0.39 is 0 Å². The number of benzene rings is 2. The number of hydrogen-bond acceptors (Lipinski definition) is 4. The largest absolute Gasteiger partial charge is 0.484 e. The van der Waals surface area contributed by atoms with Crippen molar-refractivity contribution in [3.05, 3.63) is 67.6 Å². The second kappa shape index (κ2) is 7.11. The Morgan fingerprint density at radius 1 is 1.15 bits per heavy atom. The van der Waals surface area contributed by atoms with Crippen LogP contribution in [0.3, 0.4) is 0 Å². The molecule has 1 aromatic heterocycles. The molecule has 3 aromatic rings. The number of fused-ring (bicyclic) bond motifs is 3. The van der Waals surface area contributed by atoms with Crippen molar-refractivity contribution in [3.8, 4) is 5.75 Å². The smallest absolute Gasteiger partial charge is 0.339 e. The van der Waals surface area contributed by atoms with Crippen molar-refractivity contribution < 1.29 is 13.9 Å². The lowest BCUT2D eigenvalue weighted by atomic mass is 10.1. The highest BCUT2D eigenvalue weighted by atomic mass is 127. The van der Waals surface area contributed by atoms with E-state index in [2.05, 4.69) is 27.9 Å². The third kappa shape index (κ3) is 3.33. The van der Waals surface area contributed by atoms with E-state index in [-0.39, 0.29) is 18.1 Å². The number of nitrogens with one attached hydrogen (secondary N) is 1. The number of hydrogen-bond donors (Lipinski definition) is 1. The van der Waals surface area contributed by atoms with Crippen molar-refractivity contribution in [2.24, 2.45) is 0 Å². The number of amides is 1. The number of ether oxygens (including phenoxy) is 1. The first kappa shape index (κ1) is 17.1. The third-order valence-corrected chi connectivity index (χ3v) is 5.40. The van der Waals surface area contributed by atoms with Gasteiger partial charge < -0.3 is 14.5 Å². The molecule has 132 valence electrons. The molecule has 0 saturated heterocycles. The summed E-state index contributed by atoms with van der Waals surface area (Å²) >= 11 is 2.16. The fourth-order valence-corrected chi connectivity index (χ4v) is 3.77. The summed E-state index contributed by atoms with van der Waals surface area (Å²) in [5.74, 6) is 0.251. The predicted molar refractivity (Wildman–Crippen MR) is 108 cm³/mol. The lowest BCUT2D eigenvalue weighted by Gasteiger charge is -2.10. The van der Waals surface area contributed by atoms with Gasteiger partial charge in [0.2, 0.25) is 0 Å². The van der Waals surface area contributed by atoms with E-state index in [0.29, 0.717) is 11.3 Å². The Morgan fingerprint density at radius 2 is 1.96 bits per heavy atom. The molecule has 0 atom stereocenters. The normalized spacial score (nSPS) is 12.8. The molecule has 26 heavy (non-hydrogen) atoms. The first-order chi connectivity index (χ1) is 12.6. The second-order valence-corrected chi connectivity index (χ2v) is 7.34. The van der Waals surface area contributed by atoms with Crippen LogP contribution in [0.25, 0.3) is 11.0 Å². The van der Waals surface area contributed by atoms with Crippen LogP contribution in [0.2, 0.25) is 0 Å². The molecule has 1 N–H and O–H groups in total. The fourth-order valence-electron chi connectivity index (χ4n) is 3.25. The van der Waals surface area contributed by atoms with Crippen molar-refractivity contribution in [3.63, 3.8) is 0 Å². The van der Waals surface area contributed by atoms with Crippen LogP contribution in [0.15, 0.2) is 51.7 Å². The van der Waals surface area contributed by atoms with Gasteiger partial charge in [0.25, 0.3) is 5.91 Å². The Kier molecular flexibility index (Phi) is 4.67. The standard InChI is InChI=1S/C20H16INO4/c21-16-6-1-2-7-17(16)22-19(23)11-25-12-8-9-14-13-4-3-5-15(13)20(24)26-18(14)10-12/h1-2,6-10H,3-5,11H2,(H,22,23). The third-order valence-electron chi connectivity index (χ3n) is 4.46. The van der Waals surface area contributed by atoms with Crippen LogP contribution < -0.4 is 15.7 Å². The van der Waals surface area contributed by atoms with Gasteiger partial charge in [-0.25, -0.2) is 4.79 Å². The van der Waals surface area contributed by atoms with Gasteiger partial charge in [-0.05, 0) is 71.7 Å². The molecule has 2 aromatic carbocycles. The molecule has 0 spiro atoms. The Labute approximate surface area is 163 Å². The molecule has 0 aliphatic heterocycles. The van der Waals surface area contributed by atoms with Crippen molar-refractivity contribution in [2.45, 2.75) is 19.3 Å². The minimum absolute atomic E-state index is 0.119. The predicted octanol–water partition coefficient (Wildman–Crippen LogP) is 3.90. The molecule has 1 heterocycles. The van der Waals surface area contributed by atoms with Crippen molar-refractivity contribution >= 4 is 45.2 Å². The lowest BCUT2D eigenvalue weighted by molar-refractivity contribution is -0.118. The zero-order chi connectivity index (χ0) is 18.1. The highest BCUT2D eigenvalue weighted by Crippen LogP contribution is 2.29. The number of aryl methyl sites for hydroxylation is 1. The van der Waals surface area contributed by atoms with Gasteiger partial charge in [-0.2, -0.15) is 0 Å². The molecule has 1 amide bonds.